The molecule has 124 valence electrons. The number of amides is 1. The van der Waals surface area contributed by atoms with E-state index in [9.17, 15) is 4.79 Å². The second-order valence-corrected chi connectivity index (χ2v) is 6.35. The molecule has 0 saturated carbocycles. The number of hydrogen-bond donors (Lipinski definition) is 2. The normalized spacial score (nSPS) is 12.5. The number of hydrogen-bond acceptors (Lipinski definition) is 4. The van der Waals surface area contributed by atoms with Gasteiger partial charge in [-0.3, -0.25) is 4.79 Å². The summed E-state index contributed by atoms with van der Waals surface area (Å²) in [5.74, 6) is 0.311. The number of carbonyl (C=O) groups excluding carboxylic acids is 1. The molecule has 1 amide bonds. The van der Waals surface area contributed by atoms with Crippen LogP contribution < -0.4 is 11.1 Å². The van der Waals surface area contributed by atoms with Gasteiger partial charge in [0.2, 0.25) is 5.82 Å². The molecule has 1 atom stereocenters. The van der Waals surface area contributed by atoms with Crippen molar-refractivity contribution in [2.24, 2.45) is 5.73 Å². The van der Waals surface area contributed by atoms with Gasteiger partial charge in [-0.15, -0.1) is 5.10 Å². The Bertz CT molecular complexity index is 694. The molecule has 1 aromatic carbocycles. The topological polar surface area (TPSA) is 85.8 Å². The van der Waals surface area contributed by atoms with Crippen LogP contribution in [-0.4, -0.2) is 33.3 Å². The highest BCUT2D eigenvalue weighted by molar-refractivity contribution is 6.37. The maximum absolute atomic E-state index is 12.2. The van der Waals surface area contributed by atoms with E-state index in [1.807, 2.05) is 20.8 Å². The molecular formula is C15H19Cl2N5O. The molecule has 23 heavy (non-hydrogen) atoms. The summed E-state index contributed by atoms with van der Waals surface area (Å²) in [6, 6.07) is 5.01. The maximum atomic E-state index is 12.2. The number of nitrogens with zero attached hydrogens (tertiary/aromatic N) is 3. The van der Waals surface area contributed by atoms with Crippen molar-refractivity contribution < 1.29 is 4.79 Å². The second kappa shape index (κ2) is 7.29. The number of benzene rings is 1. The fourth-order valence-electron chi connectivity index (χ4n) is 2.00. The SMILES string of the molecule is CC(C)c1nc(C(=O)N[C@@H](C)CN)nn1-c1c(Cl)cccc1Cl. The molecule has 0 aliphatic carbocycles. The third-order valence-corrected chi connectivity index (χ3v) is 3.84. The van der Waals surface area contributed by atoms with Crippen LogP contribution in [0.5, 0.6) is 0 Å². The van der Waals surface area contributed by atoms with Crippen LogP contribution >= 0.6 is 23.2 Å². The van der Waals surface area contributed by atoms with Crippen LogP contribution in [-0.2, 0) is 0 Å². The lowest BCUT2D eigenvalue weighted by Crippen LogP contribution is -2.38. The lowest BCUT2D eigenvalue weighted by molar-refractivity contribution is 0.0931. The number of rotatable bonds is 5. The smallest absolute Gasteiger partial charge is 0.291 e. The zero-order valence-electron chi connectivity index (χ0n) is 13.2. The molecule has 0 aliphatic heterocycles. The van der Waals surface area contributed by atoms with Crippen LogP contribution in [0.25, 0.3) is 5.69 Å². The molecule has 0 bridgehead atoms. The Morgan fingerprint density at radius 1 is 1.30 bits per heavy atom. The Balaban J connectivity index is 2.50. The highest BCUT2D eigenvalue weighted by Gasteiger charge is 2.22. The first kappa shape index (κ1) is 17.7. The van der Waals surface area contributed by atoms with E-state index in [1.54, 1.807) is 18.2 Å². The highest BCUT2D eigenvalue weighted by atomic mass is 35.5. The molecule has 0 unspecified atom stereocenters. The van der Waals surface area contributed by atoms with Gasteiger partial charge in [-0.05, 0) is 19.1 Å². The van der Waals surface area contributed by atoms with Crippen molar-refractivity contribution in [3.8, 4) is 5.69 Å². The molecule has 0 fully saturated rings. The molecule has 1 heterocycles. The zero-order chi connectivity index (χ0) is 17.1. The van der Waals surface area contributed by atoms with Gasteiger partial charge in [0.15, 0.2) is 0 Å². The van der Waals surface area contributed by atoms with Crippen molar-refractivity contribution in [2.45, 2.75) is 32.7 Å². The maximum Gasteiger partial charge on any atom is 0.291 e. The molecule has 3 N–H and O–H groups in total. The molecular weight excluding hydrogens is 337 g/mol. The summed E-state index contributed by atoms with van der Waals surface area (Å²) >= 11 is 12.5. The number of nitrogens with two attached hydrogens (primary N) is 1. The van der Waals surface area contributed by atoms with E-state index in [-0.39, 0.29) is 23.7 Å². The monoisotopic (exact) mass is 355 g/mol. The Morgan fingerprint density at radius 2 is 1.91 bits per heavy atom. The van der Waals surface area contributed by atoms with Gasteiger partial charge in [0.1, 0.15) is 11.5 Å². The minimum Gasteiger partial charge on any atom is -0.346 e. The van der Waals surface area contributed by atoms with Crippen LogP contribution in [0.15, 0.2) is 18.2 Å². The minimum absolute atomic E-state index is 0.0309. The average molecular weight is 356 g/mol. The summed E-state index contributed by atoms with van der Waals surface area (Å²) in [4.78, 5) is 16.6. The van der Waals surface area contributed by atoms with Crippen molar-refractivity contribution in [3.63, 3.8) is 0 Å². The Kier molecular flexibility index (Phi) is 5.62. The fourth-order valence-corrected chi connectivity index (χ4v) is 2.55. The minimum atomic E-state index is -0.383. The second-order valence-electron chi connectivity index (χ2n) is 5.54. The van der Waals surface area contributed by atoms with Gasteiger partial charge in [0, 0.05) is 18.5 Å². The molecule has 0 aliphatic rings. The molecule has 0 saturated heterocycles. The van der Waals surface area contributed by atoms with E-state index >= 15 is 0 Å². The highest BCUT2D eigenvalue weighted by Crippen LogP contribution is 2.30. The zero-order valence-corrected chi connectivity index (χ0v) is 14.7. The van der Waals surface area contributed by atoms with E-state index in [0.717, 1.165) is 0 Å². The lowest BCUT2D eigenvalue weighted by Gasteiger charge is -2.11. The fraction of sp³-hybridized carbons (Fsp3) is 0.400. The van der Waals surface area contributed by atoms with Crippen LogP contribution in [0.1, 0.15) is 43.1 Å². The van der Waals surface area contributed by atoms with Gasteiger partial charge in [0.05, 0.1) is 10.0 Å². The van der Waals surface area contributed by atoms with Gasteiger partial charge in [-0.2, -0.15) is 0 Å². The summed E-state index contributed by atoms with van der Waals surface area (Å²) in [6.45, 7) is 6.05. The van der Waals surface area contributed by atoms with E-state index in [2.05, 4.69) is 15.4 Å². The van der Waals surface area contributed by atoms with Crippen LogP contribution in [0.3, 0.4) is 0 Å². The molecule has 0 spiro atoms. The molecule has 2 rings (SSSR count). The first-order chi connectivity index (χ1) is 10.8. The lowest BCUT2D eigenvalue weighted by atomic mass is 10.2. The van der Waals surface area contributed by atoms with Gasteiger partial charge in [-0.25, -0.2) is 9.67 Å². The quantitative estimate of drug-likeness (QED) is 0.863. The van der Waals surface area contributed by atoms with Crippen molar-refractivity contribution >= 4 is 29.1 Å². The van der Waals surface area contributed by atoms with E-state index < -0.39 is 0 Å². The Labute approximate surface area is 145 Å². The Morgan fingerprint density at radius 3 is 2.43 bits per heavy atom. The Hall–Kier alpha value is -1.63. The van der Waals surface area contributed by atoms with Gasteiger partial charge < -0.3 is 11.1 Å². The van der Waals surface area contributed by atoms with Gasteiger partial charge in [0.25, 0.3) is 5.91 Å². The van der Waals surface area contributed by atoms with Crippen molar-refractivity contribution in [1.29, 1.82) is 0 Å². The van der Waals surface area contributed by atoms with Gasteiger partial charge in [-0.1, -0.05) is 43.1 Å². The molecule has 0 radical (unpaired) electrons. The van der Waals surface area contributed by atoms with Gasteiger partial charge >= 0.3 is 0 Å². The van der Waals surface area contributed by atoms with Crippen molar-refractivity contribution in [2.75, 3.05) is 6.54 Å². The summed E-state index contributed by atoms with van der Waals surface area (Å²) in [5, 5.41) is 7.91. The molecule has 1 aromatic heterocycles. The number of carbonyl (C=O) groups is 1. The summed E-state index contributed by atoms with van der Waals surface area (Å²) in [5.41, 5.74) is 6.03. The predicted molar refractivity (Wildman–Crippen MR) is 91.5 cm³/mol. The third kappa shape index (κ3) is 3.83. The average Bonchev–Trinajstić information content (AvgIpc) is 2.92. The number of para-hydroxylation sites is 1. The largest absolute Gasteiger partial charge is 0.346 e. The van der Waals surface area contributed by atoms with Crippen molar-refractivity contribution in [3.05, 3.63) is 39.9 Å². The summed E-state index contributed by atoms with van der Waals surface area (Å²) in [7, 11) is 0. The molecule has 2 aromatic rings. The number of aromatic nitrogens is 3. The molecule has 8 heteroatoms. The standard InChI is InChI=1S/C15H19Cl2N5O/c1-8(2)14-20-13(15(23)19-9(3)7-18)21-22(14)12-10(16)5-4-6-11(12)17/h4-6,8-9H,7,18H2,1-3H3,(H,19,23)/t9-/m0/s1. The van der Waals surface area contributed by atoms with Crippen LogP contribution in [0, 0.1) is 0 Å². The number of halogens is 2. The van der Waals surface area contributed by atoms with Crippen LogP contribution in [0.4, 0.5) is 0 Å². The van der Waals surface area contributed by atoms with Crippen molar-refractivity contribution in [1.82, 2.24) is 20.1 Å². The molecule has 6 nitrogen and oxygen atoms in total. The first-order valence-corrected chi connectivity index (χ1v) is 8.03. The first-order valence-electron chi connectivity index (χ1n) is 7.27. The summed E-state index contributed by atoms with van der Waals surface area (Å²) in [6.07, 6.45) is 0. The van der Waals surface area contributed by atoms with Crippen LogP contribution in [0.2, 0.25) is 10.0 Å². The number of nitrogens with one attached hydrogen (secondary N) is 1. The van der Waals surface area contributed by atoms with E-state index in [0.29, 0.717) is 28.1 Å². The van der Waals surface area contributed by atoms with E-state index in [4.69, 9.17) is 28.9 Å². The van der Waals surface area contributed by atoms with E-state index in [1.165, 1.54) is 4.68 Å². The predicted octanol–water partition coefficient (Wildman–Crippen LogP) is 2.77. The summed E-state index contributed by atoms with van der Waals surface area (Å²) < 4.78 is 1.53. The third-order valence-electron chi connectivity index (χ3n) is 3.23.